The molecular formula is C18H26N6O. The standard InChI is InChI=1S/C18H26N6O/c1-11(2)15(19)18(25)23-13-8-12(3)9-24(10-13)14-4-5-21-17-16(14)20-6-7-22-17/h4-7,11-13,15H,8-10,19H2,1-3H3,(H,23,25)/t12-,13+,15-/m0/s1. The van der Waals surface area contributed by atoms with Crippen LogP contribution in [0.5, 0.6) is 0 Å². The van der Waals surface area contributed by atoms with Crippen LogP contribution in [0.4, 0.5) is 5.69 Å². The number of nitrogens with one attached hydrogen (secondary N) is 1. The van der Waals surface area contributed by atoms with Gasteiger partial charge in [0.05, 0.1) is 11.7 Å². The fraction of sp³-hybridized carbons (Fsp3) is 0.556. The summed E-state index contributed by atoms with van der Waals surface area (Å²) in [6.45, 7) is 7.77. The minimum absolute atomic E-state index is 0.0703. The Bertz CT molecular complexity index is 744. The van der Waals surface area contributed by atoms with Crippen LogP contribution in [0.3, 0.4) is 0 Å². The molecule has 0 spiro atoms. The van der Waals surface area contributed by atoms with Crippen molar-refractivity contribution < 1.29 is 4.79 Å². The van der Waals surface area contributed by atoms with Crippen molar-refractivity contribution in [2.75, 3.05) is 18.0 Å². The second-order valence-electron chi connectivity index (χ2n) is 7.28. The molecule has 1 aliphatic heterocycles. The molecule has 7 nitrogen and oxygen atoms in total. The summed E-state index contributed by atoms with van der Waals surface area (Å²) in [6.07, 6.45) is 6.03. The highest BCUT2D eigenvalue weighted by Crippen LogP contribution is 2.27. The number of carbonyl (C=O) groups excluding carboxylic acids is 1. The first-order chi connectivity index (χ1) is 12.0. The van der Waals surface area contributed by atoms with Gasteiger partial charge in [-0.1, -0.05) is 20.8 Å². The molecule has 1 amide bonds. The van der Waals surface area contributed by atoms with Crippen molar-refractivity contribution in [1.82, 2.24) is 20.3 Å². The number of rotatable bonds is 4. The molecule has 0 unspecified atom stereocenters. The maximum absolute atomic E-state index is 12.3. The normalized spacial score (nSPS) is 22.2. The number of aromatic nitrogens is 3. The molecular weight excluding hydrogens is 316 g/mol. The van der Waals surface area contributed by atoms with E-state index >= 15 is 0 Å². The van der Waals surface area contributed by atoms with Crippen molar-refractivity contribution in [3.05, 3.63) is 24.7 Å². The summed E-state index contributed by atoms with van der Waals surface area (Å²) in [5.41, 5.74) is 8.42. The summed E-state index contributed by atoms with van der Waals surface area (Å²) >= 11 is 0. The number of nitrogens with zero attached hydrogens (tertiary/aromatic N) is 4. The van der Waals surface area contributed by atoms with Gasteiger partial charge >= 0.3 is 0 Å². The van der Waals surface area contributed by atoms with Crippen LogP contribution in [0.25, 0.3) is 11.2 Å². The third-order valence-electron chi connectivity index (χ3n) is 4.72. The number of fused-ring (bicyclic) bond motifs is 1. The number of carbonyl (C=O) groups is 1. The molecule has 3 rings (SSSR count). The lowest BCUT2D eigenvalue weighted by Crippen LogP contribution is -2.54. The van der Waals surface area contributed by atoms with Gasteiger partial charge in [-0.15, -0.1) is 0 Å². The maximum Gasteiger partial charge on any atom is 0.237 e. The van der Waals surface area contributed by atoms with E-state index in [0.717, 1.165) is 30.7 Å². The van der Waals surface area contributed by atoms with Gasteiger partial charge in [-0.05, 0) is 24.3 Å². The zero-order valence-electron chi connectivity index (χ0n) is 15.0. The van der Waals surface area contributed by atoms with Gasteiger partial charge in [-0.25, -0.2) is 15.0 Å². The van der Waals surface area contributed by atoms with Crippen LogP contribution in [0, 0.1) is 11.8 Å². The van der Waals surface area contributed by atoms with E-state index < -0.39 is 6.04 Å². The molecule has 0 aromatic carbocycles. The molecule has 3 N–H and O–H groups in total. The average molecular weight is 342 g/mol. The minimum atomic E-state index is -0.474. The predicted octanol–water partition coefficient (Wildman–Crippen LogP) is 1.34. The van der Waals surface area contributed by atoms with Gasteiger partial charge < -0.3 is 16.0 Å². The SMILES string of the molecule is CC(C)[C@H](N)C(=O)N[C@@H]1C[C@H](C)CN(c2ccnc3nccnc23)C1. The number of anilines is 1. The Morgan fingerprint density at radius 3 is 2.72 bits per heavy atom. The molecule has 1 fully saturated rings. The van der Waals surface area contributed by atoms with Gasteiger partial charge in [0.25, 0.3) is 0 Å². The quantitative estimate of drug-likeness (QED) is 0.870. The number of amides is 1. The Morgan fingerprint density at radius 1 is 1.24 bits per heavy atom. The first-order valence-electron chi connectivity index (χ1n) is 8.82. The van der Waals surface area contributed by atoms with Crippen molar-refractivity contribution in [2.45, 2.75) is 39.3 Å². The third-order valence-corrected chi connectivity index (χ3v) is 4.72. The molecule has 25 heavy (non-hydrogen) atoms. The molecule has 1 saturated heterocycles. The Labute approximate surface area is 148 Å². The average Bonchev–Trinajstić information content (AvgIpc) is 2.59. The lowest BCUT2D eigenvalue weighted by atomic mass is 9.94. The highest BCUT2D eigenvalue weighted by atomic mass is 16.2. The third kappa shape index (κ3) is 3.87. The molecule has 0 saturated carbocycles. The first-order valence-corrected chi connectivity index (χ1v) is 8.82. The topological polar surface area (TPSA) is 97.0 Å². The van der Waals surface area contributed by atoms with Crippen LogP contribution in [-0.4, -0.2) is 46.0 Å². The molecule has 1 aliphatic rings. The van der Waals surface area contributed by atoms with Crippen molar-refractivity contribution in [3.8, 4) is 0 Å². The highest BCUT2D eigenvalue weighted by molar-refractivity contribution is 5.85. The molecule has 3 heterocycles. The van der Waals surface area contributed by atoms with Crippen molar-refractivity contribution in [2.24, 2.45) is 17.6 Å². The van der Waals surface area contributed by atoms with Crippen molar-refractivity contribution >= 4 is 22.8 Å². The number of hydrogen-bond acceptors (Lipinski definition) is 6. The van der Waals surface area contributed by atoms with Gasteiger partial charge in [0.1, 0.15) is 5.52 Å². The van der Waals surface area contributed by atoms with Crippen LogP contribution in [-0.2, 0) is 4.79 Å². The fourth-order valence-corrected chi connectivity index (χ4v) is 3.37. The number of hydrogen-bond donors (Lipinski definition) is 2. The molecule has 0 radical (unpaired) electrons. The van der Waals surface area contributed by atoms with Crippen LogP contribution in [0.1, 0.15) is 27.2 Å². The van der Waals surface area contributed by atoms with E-state index in [-0.39, 0.29) is 17.9 Å². The van der Waals surface area contributed by atoms with Gasteiger partial charge in [-0.3, -0.25) is 4.79 Å². The van der Waals surface area contributed by atoms with E-state index in [2.05, 4.69) is 32.1 Å². The summed E-state index contributed by atoms with van der Waals surface area (Å²) in [4.78, 5) is 27.6. The van der Waals surface area contributed by atoms with Crippen LogP contribution >= 0.6 is 0 Å². The molecule has 3 atom stereocenters. The smallest absolute Gasteiger partial charge is 0.237 e. The van der Waals surface area contributed by atoms with E-state index in [1.807, 2.05) is 19.9 Å². The van der Waals surface area contributed by atoms with Crippen molar-refractivity contribution in [3.63, 3.8) is 0 Å². The summed E-state index contributed by atoms with van der Waals surface area (Å²) in [5, 5.41) is 3.12. The van der Waals surface area contributed by atoms with E-state index in [1.54, 1.807) is 18.6 Å². The van der Waals surface area contributed by atoms with Crippen molar-refractivity contribution in [1.29, 1.82) is 0 Å². The maximum atomic E-state index is 12.3. The van der Waals surface area contributed by atoms with Gasteiger partial charge in [0, 0.05) is 37.7 Å². The predicted molar refractivity (Wildman–Crippen MR) is 98.1 cm³/mol. The molecule has 7 heteroatoms. The van der Waals surface area contributed by atoms with Gasteiger partial charge in [-0.2, -0.15) is 0 Å². The van der Waals surface area contributed by atoms with E-state index in [1.165, 1.54) is 0 Å². The lowest BCUT2D eigenvalue weighted by Gasteiger charge is -2.38. The van der Waals surface area contributed by atoms with E-state index in [0.29, 0.717) is 11.6 Å². The number of pyridine rings is 1. The molecule has 2 aromatic heterocycles. The summed E-state index contributed by atoms with van der Waals surface area (Å²) in [5.74, 6) is 0.499. The molecule has 0 bridgehead atoms. The number of nitrogens with two attached hydrogens (primary N) is 1. The Balaban J connectivity index is 1.79. The Morgan fingerprint density at radius 2 is 1.96 bits per heavy atom. The second kappa shape index (κ2) is 7.31. The monoisotopic (exact) mass is 342 g/mol. The molecule has 2 aromatic rings. The summed E-state index contributed by atoms with van der Waals surface area (Å²) < 4.78 is 0. The highest BCUT2D eigenvalue weighted by Gasteiger charge is 2.29. The minimum Gasteiger partial charge on any atom is -0.367 e. The zero-order valence-corrected chi connectivity index (χ0v) is 15.0. The fourth-order valence-electron chi connectivity index (χ4n) is 3.37. The molecule has 0 aliphatic carbocycles. The van der Waals surface area contributed by atoms with Crippen LogP contribution in [0.15, 0.2) is 24.7 Å². The van der Waals surface area contributed by atoms with Gasteiger partial charge in [0.2, 0.25) is 5.91 Å². The van der Waals surface area contributed by atoms with Crippen LogP contribution < -0.4 is 16.0 Å². The Kier molecular flexibility index (Phi) is 5.13. The van der Waals surface area contributed by atoms with E-state index in [4.69, 9.17) is 5.73 Å². The first kappa shape index (κ1) is 17.5. The van der Waals surface area contributed by atoms with Crippen LogP contribution in [0.2, 0.25) is 0 Å². The largest absolute Gasteiger partial charge is 0.367 e. The zero-order chi connectivity index (χ0) is 18.0. The lowest BCUT2D eigenvalue weighted by molar-refractivity contribution is -0.124. The van der Waals surface area contributed by atoms with E-state index in [9.17, 15) is 4.79 Å². The summed E-state index contributed by atoms with van der Waals surface area (Å²) in [6, 6.07) is 1.56. The summed E-state index contributed by atoms with van der Waals surface area (Å²) in [7, 11) is 0. The number of piperidine rings is 1. The molecule has 134 valence electrons. The second-order valence-corrected chi connectivity index (χ2v) is 7.28. The van der Waals surface area contributed by atoms with Gasteiger partial charge in [0.15, 0.2) is 5.65 Å². The Hall–Kier alpha value is -2.28.